The van der Waals surface area contributed by atoms with Crippen molar-refractivity contribution in [2.24, 2.45) is 5.73 Å². The molecule has 1 aliphatic rings. The Balaban J connectivity index is 2.58. The fourth-order valence-corrected chi connectivity index (χ4v) is 2.98. The summed E-state index contributed by atoms with van der Waals surface area (Å²) in [7, 11) is 0. The Hall–Kier alpha value is -2.26. The molecule has 0 radical (unpaired) electrons. The van der Waals surface area contributed by atoms with Crippen LogP contribution in [0.25, 0.3) is 0 Å². The van der Waals surface area contributed by atoms with Crippen LogP contribution in [0.2, 0.25) is 0 Å². The maximum atomic E-state index is 12.3. The minimum absolute atomic E-state index is 0.164. The number of thioether (sulfide) groups is 1. The Morgan fingerprint density at radius 3 is 2.50 bits per heavy atom. The van der Waals surface area contributed by atoms with Gasteiger partial charge in [0.1, 0.15) is 16.7 Å². The molecule has 20 heavy (non-hydrogen) atoms. The third-order valence-electron chi connectivity index (χ3n) is 2.92. The number of hydrogen-bond donors (Lipinski definition) is 1. The van der Waals surface area contributed by atoms with Crippen molar-refractivity contribution >= 4 is 29.3 Å². The van der Waals surface area contributed by atoms with E-state index in [2.05, 4.69) is 0 Å². The van der Waals surface area contributed by atoms with E-state index in [0.717, 1.165) is 5.56 Å². The standard InChI is InChI=1S/C14H13N3O2S/c1-8-3-5-10(6-4-8)17-13(19)9(2)20-14(17)11(7-15)12(16)18/h3-6,9H,1-2H3,(H2,16,18)/b14-11-. The highest BCUT2D eigenvalue weighted by atomic mass is 32.2. The van der Waals surface area contributed by atoms with E-state index in [1.807, 2.05) is 19.1 Å². The number of aryl methyl sites for hydroxylation is 1. The van der Waals surface area contributed by atoms with Gasteiger partial charge in [0.15, 0.2) is 0 Å². The molecule has 1 unspecified atom stereocenters. The number of benzene rings is 1. The maximum absolute atomic E-state index is 12.3. The van der Waals surface area contributed by atoms with Crippen molar-refractivity contribution in [3.8, 4) is 6.07 Å². The summed E-state index contributed by atoms with van der Waals surface area (Å²) >= 11 is 1.17. The number of amides is 2. The minimum atomic E-state index is -0.825. The number of nitriles is 1. The Morgan fingerprint density at radius 1 is 1.40 bits per heavy atom. The zero-order chi connectivity index (χ0) is 14.9. The molecule has 0 aliphatic carbocycles. The Labute approximate surface area is 121 Å². The molecular formula is C14H13N3O2S. The summed E-state index contributed by atoms with van der Waals surface area (Å²) in [5.41, 5.74) is 6.71. The molecule has 0 bridgehead atoms. The first-order valence-electron chi connectivity index (χ1n) is 5.97. The van der Waals surface area contributed by atoms with Crippen LogP contribution >= 0.6 is 11.8 Å². The van der Waals surface area contributed by atoms with Crippen molar-refractivity contribution < 1.29 is 9.59 Å². The van der Waals surface area contributed by atoms with Gasteiger partial charge in [-0.1, -0.05) is 29.5 Å². The van der Waals surface area contributed by atoms with Crippen LogP contribution in [0.15, 0.2) is 34.9 Å². The fourth-order valence-electron chi connectivity index (χ4n) is 1.87. The van der Waals surface area contributed by atoms with Crippen LogP contribution in [0.3, 0.4) is 0 Å². The summed E-state index contributed by atoms with van der Waals surface area (Å²) in [6, 6.07) is 9.08. The zero-order valence-electron chi connectivity index (χ0n) is 11.1. The molecule has 1 fully saturated rings. The summed E-state index contributed by atoms with van der Waals surface area (Å²) < 4.78 is 0. The Kier molecular flexibility index (Phi) is 3.81. The van der Waals surface area contributed by atoms with E-state index in [9.17, 15) is 9.59 Å². The molecule has 0 saturated carbocycles. The third-order valence-corrected chi connectivity index (χ3v) is 4.09. The van der Waals surface area contributed by atoms with Gasteiger partial charge in [-0.25, -0.2) is 0 Å². The first-order chi connectivity index (χ1) is 9.45. The molecule has 1 aromatic carbocycles. The lowest BCUT2D eigenvalue weighted by Gasteiger charge is -2.18. The van der Waals surface area contributed by atoms with Gasteiger partial charge in [-0.3, -0.25) is 14.5 Å². The van der Waals surface area contributed by atoms with Gasteiger partial charge < -0.3 is 5.73 Å². The van der Waals surface area contributed by atoms with Crippen LogP contribution in [0.1, 0.15) is 12.5 Å². The molecule has 102 valence electrons. The van der Waals surface area contributed by atoms with Gasteiger partial charge in [-0.2, -0.15) is 5.26 Å². The highest BCUT2D eigenvalue weighted by Crippen LogP contribution is 2.40. The molecule has 0 aromatic heterocycles. The lowest BCUT2D eigenvalue weighted by atomic mass is 10.2. The van der Waals surface area contributed by atoms with E-state index in [0.29, 0.717) is 10.7 Å². The smallest absolute Gasteiger partial charge is 0.262 e. The SMILES string of the molecule is Cc1ccc(N2C(=O)C(C)S/C2=C(/C#N)C(N)=O)cc1. The quantitative estimate of drug-likeness (QED) is 0.662. The third kappa shape index (κ3) is 2.40. The molecule has 1 atom stereocenters. The van der Waals surface area contributed by atoms with Crippen molar-refractivity contribution in [1.82, 2.24) is 0 Å². The second-order valence-corrected chi connectivity index (χ2v) is 5.75. The molecule has 1 saturated heterocycles. The predicted octanol–water partition coefficient (Wildman–Crippen LogP) is 1.68. The van der Waals surface area contributed by atoms with Crippen LogP contribution in [-0.2, 0) is 9.59 Å². The van der Waals surface area contributed by atoms with Gasteiger partial charge in [0.2, 0.25) is 5.91 Å². The fraction of sp³-hybridized carbons (Fsp3) is 0.214. The Bertz CT molecular complexity index is 643. The minimum Gasteiger partial charge on any atom is -0.365 e. The molecule has 2 amide bonds. The van der Waals surface area contributed by atoms with Crippen molar-refractivity contribution in [2.45, 2.75) is 19.1 Å². The van der Waals surface area contributed by atoms with Crippen LogP contribution in [-0.4, -0.2) is 17.1 Å². The van der Waals surface area contributed by atoms with Crippen LogP contribution in [0.5, 0.6) is 0 Å². The molecule has 1 aliphatic heterocycles. The number of hydrogen-bond acceptors (Lipinski definition) is 4. The summed E-state index contributed by atoms with van der Waals surface area (Å²) in [5, 5.41) is 9.03. The van der Waals surface area contributed by atoms with E-state index in [4.69, 9.17) is 11.0 Å². The molecular weight excluding hydrogens is 274 g/mol. The topological polar surface area (TPSA) is 87.2 Å². The van der Waals surface area contributed by atoms with E-state index < -0.39 is 5.91 Å². The highest BCUT2D eigenvalue weighted by Gasteiger charge is 2.37. The van der Waals surface area contributed by atoms with Crippen molar-refractivity contribution in [1.29, 1.82) is 5.26 Å². The van der Waals surface area contributed by atoms with Gasteiger partial charge >= 0.3 is 0 Å². The number of carbonyl (C=O) groups is 2. The largest absolute Gasteiger partial charge is 0.365 e. The monoisotopic (exact) mass is 287 g/mol. The molecule has 1 aromatic rings. The first kappa shape index (κ1) is 14.2. The van der Waals surface area contributed by atoms with Crippen molar-refractivity contribution in [3.63, 3.8) is 0 Å². The predicted molar refractivity (Wildman–Crippen MR) is 77.6 cm³/mol. The van der Waals surface area contributed by atoms with Crippen molar-refractivity contribution in [2.75, 3.05) is 4.90 Å². The van der Waals surface area contributed by atoms with Crippen LogP contribution < -0.4 is 10.6 Å². The van der Waals surface area contributed by atoms with Gasteiger partial charge in [-0.15, -0.1) is 0 Å². The van der Waals surface area contributed by atoms with Crippen molar-refractivity contribution in [3.05, 3.63) is 40.4 Å². The summed E-state index contributed by atoms with van der Waals surface area (Å²) in [6.45, 7) is 3.67. The summed E-state index contributed by atoms with van der Waals surface area (Å²) in [5.74, 6) is -0.989. The van der Waals surface area contributed by atoms with E-state index in [1.54, 1.807) is 25.1 Å². The summed E-state index contributed by atoms with van der Waals surface area (Å²) in [6.07, 6.45) is 0. The molecule has 2 rings (SSSR count). The van der Waals surface area contributed by atoms with Crippen LogP contribution in [0, 0.1) is 18.3 Å². The lowest BCUT2D eigenvalue weighted by Crippen LogP contribution is -2.29. The molecule has 6 heteroatoms. The normalized spacial score (nSPS) is 20.8. The number of nitrogens with zero attached hydrogens (tertiary/aromatic N) is 2. The summed E-state index contributed by atoms with van der Waals surface area (Å²) in [4.78, 5) is 25.0. The maximum Gasteiger partial charge on any atom is 0.262 e. The number of carbonyl (C=O) groups excluding carboxylic acids is 2. The second-order valence-electron chi connectivity index (χ2n) is 4.43. The zero-order valence-corrected chi connectivity index (χ0v) is 11.9. The lowest BCUT2D eigenvalue weighted by molar-refractivity contribution is -0.116. The van der Waals surface area contributed by atoms with E-state index in [1.165, 1.54) is 16.7 Å². The number of primary amides is 1. The van der Waals surface area contributed by atoms with Gasteiger partial charge in [0.05, 0.1) is 5.25 Å². The first-order valence-corrected chi connectivity index (χ1v) is 6.85. The van der Waals surface area contributed by atoms with Gasteiger partial charge in [0, 0.05) is 5.69 Å². The molecule has 2 N–H and O–H groups in total. The number of nitrogens with two attached hydrogens (primary N) is 1. The second kappa shape index (κ2) is 5.39. The number of anilines is 1. The molecule has 5 nitrogen and oxygen atoms in total. The molecule has 0 spiro atoms. The van der Waals surface area contributed by atoms with Gasteiger partial charge in [0.25, 0.3) is 5.91 Å². The van der Waals surface area contributed by atoms with Crippen LogP contribution in [0.4, 0.5) is 5.69 Å². The highest BCUT2D eigenvalue weighted by molar-refractivity contribution is 8.05. The average Bonchev–Trinajstić information content (AvgIpc) is 2.68. The average molecular weight is 287 g/mol. The van der Waals surface area contributed by atoms with E-state index in [-0.39, 0.29) is 16.7 Å². The van der Waals surface area contributed by atoms with Gasteiger partial charge in [-0.05, 0) is 26.0 Å². The van der Waals surface area contributed by atoms with E-state index >= 15 is 0 Å². The number of rotatable bonds is 2. The Morgan fingerprint density at radius 2 is 2.00 bits per heavy atom. The molecule has 1 heterocycles.